The number of hydrogen-bond donors (Lipinski definition) is 0. The van der Waals surface area contributed by atoms with Gasteiger partial charge in [-0.25, -0.2) is 0 Å². The largest absolute Gasteiger partial charge is 0.465 e. The molecule has 1 rings (SSSR count). The van der Waals surface area contributed by atoms with Crippen molar-refractivity contribution in [1.82, 2.24) is 0 Å². The van der Waals surface area contributed by atoms with E-state index in [1.54, 1.807) is 0 Å². The molecular formula is C28H50O5. The highest BCUT2D eigenvalue weighted by molar-refractivity contribution is 5.71. The molecule has 0 aromatic carbocycles. The highest BCUT2D eigenvalue weighted by atomic mass is 16.5. The predicted octanol–water partition coefficient (Wildman–Crippen LogP) is 7.05. The normalized spacial score (nSPS) is 22.0. The lowest BCUT2D eigenvalue weighted by Crippen LogP contribution is -2.22. The number of aldehydes is 1. The van der Waals surface area contributed by atoms with E-state index in [4.69, 9.17) is 9.47 Å². The molecule has 0 heterocycles. The summed E-state index contributed by atoms with van der Waals surface area (Å²) in [5, 5.41) is 0. The van der Waals surface area contributed by atoms with Gasteiger partial charge in [-0.1, -0.05) is 66.2 Å². The van der Waals surface area contributed by atoms with Gasteiger partial charge in [0.05, 0.1) is 13.2 Å². The Labute approximate surface area is 202 Å². The summed E-state index contributed by atoms with van der Waals surface area (Å²) in [5.74, 6) is 0.933. The zero-order chi connectivity index (χ0) is 24.5. The first-order valence-electron chi connectivity index (χ1n) is 13.7. The van der Waals surface area contributed by atoms with Gasteiger partial charge >= 0.3 is 11.9 Å². The van der Waals surface area contributed by atoms with Gasteiger partial charge in [0.15, 0.2) is 0 Å². The maximum Gasteiger partial charge on any atom is 0.305 e. The van der Waals surface area contributed by atoms with E-state index in [-0.39, 0.29) is 11.9 Å². The standard InChI is InChI=1S/C28H50O5/c1-5-9-11-23(7-3)20-32-26(30)14-13-25-15-17-28(19-25,22-29)18-16-27(31)33-21-24(8-4)12-10-6-2/h22-25H,5-21H2,1-4H3. The van der Waals surface area contributed by atoms with Gasteiger partial charge < -0.3 is 14.3 Å². The summed E-state index contributed by atoms with van der Waals surface area (Å²) < 4.78 is 11.0. The summed E-state index contributed by atoms with van der Waals surface area (Å²) in [7, 11) is 0. The average Bonchev–Trinajstić information content (AvgIpc) is 3.25. The Kier molecular flexibility index (Phi) is 15.4. The number of hydrogen-bond acceptors (Lipinski definition) is 5. The van der Waals surface area contributed by atoms with E-state index < -0.39 is 5.41 Å². The number of esters is 2. The van der Waals surface area contributed by atoms with E-state index in [1.807, 2.05) is 0 Å². The molecule has 33 heavy (non-hydrogen) atoms. The molecule has 0 N–H and O–H groups in total. The summed E-state index contributed by atoms with van der Waals surface area (Å²) in [6.07, 6.45) is 14.5. The monoisotopic (exact) mass is 466 g/mol. The summed E-state index contributed by atoms with van der Waals surface area (Å²) in [6.45, 7) is 9.66. The van der Waals surface area contributed by atoms with Crippen molar-refractivity contribution in [3.8, 4) is 0 Å². The zero-order valence-electron chi connectivity index (χ0n) is 21.9. The first-order chi connectivity index (χ1) is 15.9. The smallest absolute Gasteiger partial charge is 0.305 e. The minimum absolute atomic E-state index is 0.120. The van der Waals surface area contributed by atoms with Gasteiger partial charge in [-0.15, -0.1) is 0 Å². The maximum absolute atomic E-state index is 12.3. The minimum Gasteiger partial charge on any atom is -0.465 e. The molecule has 4 unspecified atom stereocenters. The lowest BCUT2D eigenvalue weighted by molar-refractivity contribution is -0.146. The highest BCUT2D eigenvalue weighted by Gasteiger charge is 2.39. The molecule has 4 atom stereocenters. The highest BCUT2D eigenvalue weighted by Crippen LogP contribution is 2.45. The molecule has 1 aliphatic carbocycles. The number of rotatable bonds is 19. The molecule has 1 aliphatic rings. The van der Waals surface area contributed by atoms with Gasteiger partial charge in [-0.2, -0.15) is 0 Å². The van der Waals surface area contributed by atoms with Gasteiger partial charge in [0, 0.05) is 18.3 Å². The van der Waals surface area contributed by atoms with Gasteiger partial charge in [-0.05, 0) is 62.7 Å². The van der Waals surface area contributed by atoms with Crippen LogP contribution in [0.5, 0.6) is 0 Å². The lowest BCUT2D eigenvalue weighted by atomic mass is 9.82. The SMILES string of the molecule is CCCCC(CC)COC(=O)CCC1CCC(C=O)(CCC(=O)OCC(CC)CCCC)C1. The molecule has 5 nitrogen and oxygen atoms in total. The third kappa shape index (κ3) is 12.0. The van der Waals surface area contributed by atoms with Gasteiger partial charge in [0.1, 0.15) is 6.29 Å². The lowest BCUT2D eigenvalue weighted by Gasteiger charge is -2.22. The fourth-order valence-electron chi connectivity index (χ4n) is 4.95. The van der Waals surface area contributed by atoms with Crippen molar-refractivity contribution in [2.75, 3.05) is 13.2 Å². The van der Waals surface area contributed by atoms with Crippen LogP contribution in [0.1, 0.15) is 124 Å². The topological polar surface area (TPSA) is 69.7 Å². The second-order valence-corrected chi connectivity index (χ2v) is 10.3. The predicted molar refractivity (Wildman–Crippen MR) is 133 cm³/mol. The van der Waals surface area contributed by atoms with Crippen LogP contribution in [0.3, 0.4) is 0 Å². The van der Waals surface area contributed by atoms with Gasteiger partial charge in [0.25, 0.3) is 0 Å². The number of unbranched alkanes of at least 4 members (excludes halogenated alkanes) is 2. The molecule has 0 spiro atoms. The Bertz CT molecular complexity index is 560. The van der Waals surface area contributed by atoms with Gasteiger partial charge in [0.2, 0.25) is 0 Å². The van der Waals surface area contributed by atoms with Crippen LogP contribution in [0.4, 0.5) is 0 Å². The van der Waals surface area contributed by atoms with Crippen LogP contribution in [0.2, 0.25) is 0 Å². The molecule has 5 heteroatoms. The van der Waals surface area contributed by atoms with Crippen molar-refractivity contribution >= 4 is 18.2 Å². The van der Waals surface area contributed by atoms with E-state index >= 15 is 0 Å². The molecule has 1 saturated carbocycles. The molecule has 0 aromatic rings. The Hall–Kier alpha value is -1.39. The zero-order valence-corrected chi connectivity index (χ0v) is 21.9. The van der Waals surface area contributed by atoms with Crippen LogP contribution < -0.4 is 0 Å². The number of carbonyl (C=O) groups excluding carboxylic acids is 3. The molecule has 0 radical (unpaired) electrons. The average molecular weight is 467 g/mol. The molecule has 0 bridgehead atoms. The summed E-state index contributed by atoms with van der Waals surface area (Å²) >= 11 is 0. The van der Waals surface area contributed by atoms with E-state index in [0.29, 0.717) is 50.2 Å². The summed E-state index contributed by atoms with van der Waals surface area (Å²) in [5.41, 5.74) is -0.437. The van der Waals surface area contributed by atoms with Crippen molar-refractivity contribution in [2.24, 2.45) is 23.2 Å². The minimum atomic E-state index is -0.437. The fourth-order valence-corrected chi connectivity index (χ4v) is 4.95. The van der Waals surface area contributed by atoms with Crippen LogP contribution in [-0.4, -0.2) is 31.4 Å². The van der Waals surface area contributed by atoms with Crippen LogP contribution in [0.15, 0.2) is 0 Å². The summed E-state index contributed by atoms with van der Waals surface area (Å²) in [6, 6.07) is 0. The summed E-state index contributed by atoms with van der Waals surface area (Å²) in [4.78, 5) is 36.4. The van der Waals surface area contributed by atoms with E-state index in [2.05, 4.69) is 27.7 Å². The van der Waals surface area contributed by atoms with Crippen LogP contribution in [0.25, 0.3) is 0 Å². The van der Waals surface area contributed by atoms with Gasteiger partial charge in [-0.3, -0.25) is 9.59 Å². The Morgan fingerprint density at radius 1 is 0.909 bits per heavy atom. The molecule has 1 fully saturated rings. The van der Waals surface area contributed by atoms with Crippen molar-refractivity contribution in [3.05, 3.63) is 0 Å². The molecule has 0 aliphatic heterocycles. The van der Waals surface area contributed by atoms with Crippen molar-refractivity contribution in [3.63, 3.8) is 0 Å². The Morgan fingerprint density at radius 2 is 1.45 bits per heavy atom. The maximum atomic E-state index is 12.3. The fraction of sp³-hybridized carbons (Fsp3) is 0.893. The second kappa shape index (κ2) is 17.1. The number of carbonyl (C=O) groups is 3. The van der Waals surface area contributed by atoms with Crippen LogP contribution in [0, 0.1) is 23.2 Å². The number of ether oxygens (including phenoxy) is 2. The molecule has 192 valence electrons. The molecule has 0 saturated heterocycles. The molecule has 0 amide bonds. The van der Waals surface area contributed by atoms with Crippen molar-refractivity contribution in [1.29, 1.82) is 0 Å². The third-order valence-corrected chi connectivity index (χ3v) is 7.63. The Balaban J connectivity index is 2.33. The van der Waals surface area contributed by atoms with Crippen molar-refractivity contribution < 1.29 is 23.9 Å². The van der Waals surface area contributed by atoms with Crippen LogP contribution >= 0.6 is 0 Å². The second-order valence-electron chi connectivity index (χ2n) is 10.3. The molecule has 0 aromatic heterocycles. The first kappa shape index (κ1) is 29.6. The van der Waals surface area contributed by atoms with Crippen molar-refractivity contribution in [2.45, 2.75) is 124 Å². The quantitative estimate of drug-likeness (QED) is 0.151. The van der Waals surface area contributed by atoms with E-state index in [0.717, 1.165) is 70.5 Å². The first-order valence-corrected chi connectivity index (χ1v) is 13.7. The van der Waals surface area contributed by atoms with Crippen LogP contribution in [-0.2, 0) is 23.9 Å². The van der Waals surface area contributed by atoms with E-state index in [9.17, 15) is 14.4 Å². The van der Waals surface area contributed by atoms with E-state index in [1.165, 1.54) is 12.8 Å². The molecular weight excluding hydrogens is 416 g/mol. The third-order valence-electron chi connectivity index (χ3n) is 7.63. The Morgan fingerprint density at radius 3 is 1.94 bits per heavy atom.